The summed E-state index contributed by atoms with van der Waals surface area (Å²) in [6.07, 6.45) is 4.63. The summed E-state index contributed by atoms with van der Waals surface area (Å²) < 4.78 is 44.3. The lowest BCUT2D eigenvalue weighted by Gasteiger charge is -2.15. The Balaban J connectivity index is 1.91. The predicted octanol–water partition coefficient (Wildman–Crippen LogP) is 3.33. The Hall–Kier alpha value is -2.31. The van der Waals surface area contributed by atoms with Crippen molar-refractivity contribution in [2.24, 2.45) is 5.92 Å². The fourth-order valence-electron chi connectivity index (χ4n) is 2.23. The number of hydrogen-bond acceptors (Lipinski definition) is 3. The molecule has 1 aliphatic rings. The molecular formula is C16H16F3NO3. The first-order chi connectivity index (χ1) is 10.9. The minimum atomic E-state index is -1.68. The molecule has 0 saturated heterocycles. The van der Waals surface area contributed by atoms with Crippen molar-refractivity contribution in [2.45, 2.75) is 32.3 Å². The first kappa shape index (κ1) is 17.1. The minimum Gasteiger partial charge on any atom is -0.453 e. The van der Waals surface area contributed by atoms with Gasteiger partial charge in [0, 0.05) is 0 Å². The Morgan fingerprint density at radius 1 is 1.30 bits per heavy atom. The van der Waals surface area contributed by atoms with Crippen LogP contribution in [0.25, 0.3) is 0 Å². The van der Waals surface area contributed by atoms with E-state index in [2.05, 4.69) is 5.32 Å². The number of allylic oxidation sites excluding steroid dienone is 2. The average Bonchev–Trinajstić information content (AvgIpc) is 3.00. The number of halogens is 3. The molecule has 23 heavy (non-hydrogen) atoms. The normalized spacial score (nSPS) is 17.8. The monoisotopic (exact) mass is 327 g/mol. The second-order valence-electron chi connectivity index (χ2n) is 5.31. The van der Waals surface area contributed by atoms with Gasteiger partial charge in [-0.15, -0.1) is 0 Å². The van der Waals surface area contributed by atoms with Gasteiger partial charge in [0.2, 0.25) is 0 Å². The van der Waals surface area contributed by atoms with Crippen LogP contribution in [-0.4, -0.2) is 18.0 Å². The summed E-state index contributed by atoms with van der Waals surface area (Å²) in [5, 5.41) is 2.07. The molecule has 0 unspecified atom stereocenters. The van der Waals surface area contributed by atoms with Gasteiger partial charge in [-0.2, -0.15) is 0 Å². The highest BCUT2D eigenvalue weighted by Crippen LogP contribution is 2.22. The largest absolute Gasteiger partial charge is 0.453 e. The number of esters is 1. The van der Waals surface area contributed by atoms with Crippen LogP contribution in [0.3, 0.4) is 0 Å². The van der Waals surface area contributed by atoms with Gasteiger partial charge in [-0.1, -0.05) is 12.2 Å². The van der Waals surface area contributed by atoms with Crippen molar-refractivity contribution in [1.82, 2.24) is 0 Å². The van der Waals surface area contributed by atoms with E-state index in [4.69, 9.17) is 4.74 Å². The van der Waals surface area contributed by atoms with Gasteiger partial charge in [0.15, 0.2) is 23.6 Å². The summed E-state index contributed by atoms with van der Waals surface area (Å²) in [5.41, 5.74) is -0.518. The van der Waals surface area contributed by atoms with E-state index in [0.717, 1.165) is 18.9 Å². The summed E-state index contributed by atoms with van der Waals surface area (Å²) in [4.78, 5) is 23.6. The van der Waals surface area contributed by atoms with E-state index in [0.29, 0.717) is 6.07 Å². The van der Waals surface area contributed by atoms with Crippen molar-refractivity contribution >= 4 is 17.6 Å². The van der Waals surface area contributed by atoms with E-state index in [1.807, 2.05) is 12.2 Å². The maximum atomic E-state index is 13.5. The number of benzene rings is 1. The Bertz CT molecular complexity index is 646. The highest BCUT2D eigenvalue weighted by Gasteiger charge is 2.23. The van der Waals surface area contributed by atoms with Crippen LogP contribution in [0, 0.1) is 23.4 Å². The second-order valence-corrected chi connectivity index (χ2v) is 5.31. The number of hydrogen-bond donors (Lipinski definition) is 1. The Morgan fingerprint density at radius 3 is 2.70 bits per heavy atom. The van der Waals surface area contributed by atoms with Crippen LogP contribution in [-0.2, 0) is 14.3 Å². The lowest BCUT2D eigenvalue weighted by atomic mass is 10.1. The average molecular weight is 327 g/mol. The van der Waals surface area contributed by atoms with E-state index in [9.17, 15) is 22.8 Å². The number of anilines is 1. The third-order valence-electron chi connectivity index (χ3n) is 3.51. The molecule has 7 heteroatoms. The fourth-order valence-corrected chi connectivity index (χ4v) is 2.23. The molecular weight excluding hydrogens is 311 g/mol. The highest BCUT2D eigenvalue weighted by atomic mass is 19.2. The van der Waals surface area contributed by atoms with Gasteiger partial charge in [0.1, 0.15) is 0 Å². The van der Waals surface area contributed by atoms with Crippen LogP contribution in [0.1, 0.15) is 26.2 Å². The van der Waals surface area contributed by atoms with Crippen LogP contribution >= 0.6 is 0 Å². The van der Waals surface area contributed by atoms with Crippen LogP contribution in [0.5, 0.6) is 0 Å². The third kappa shape index (κ3) is 4.34. The molecule has 1 N–H and O–H groups in total. The first-order valence-corrected chi connectivity index (χ1v) is 7.19. The molecule has 1 aliphatic carbocycles. The summed E-state index contributed by atoms with van der Waals surface area (Å²) in [5.74, 6) is -5.82. The zero-order chi connectivity index (χ0) is 17.0. The van der Waals surface area contributed by atoms with E-state index in [1.54, 1.807) is 0 Å². The third-order valence-corrected chi connectivity index (χ3v) is 3.51. The van der Waals surface area contributed by atoms with Gasteiger partial charge in [-0.05, 0) is 37.8 Å². The van der Waals surface area contributed by atoms with Crippen molar-refractivity contribution < 1.29 is 27.5 Å². The van der Waals surface area contributed by atoms with Crippen molar-refractivity contribution in [3.8, 4) is 0 Å². The SMILES string of the molecule is C[C@@H](OC(=O)C[C@@H]1C=CCC1)C(=O)Nc1ccc(F)c(F)c1F. The Labute approximate surface area is 131 Å². The quantitative estimate of drug-likeness (QED) is 0.513. The molecule has 0 aromatic heterocycles. The molecule has 1 aromatic carbocycles. The minimum absolute atomic E-state index is 0.0985. The van der Waals surface area contributed by atoms with E-state index in [-0.39, 0.29) is 12.3 Å². The fraction of sp³-hybridized carbons (Fsp3) is 0.375. The molecule has 0 fully saturated rings. The van der Waals surface area contributed by atoms with Crippen molar-refractivity contribution in [1.29, 1.82) is 0 Å². The number of nitrogens with one attached hydrogen (secondary N) is 1. The van der Waals surface area contributed by atoms with Gasteiger partial charge < -0.3 is 10.1 Å². The molecule has 0 radical (unpaired) electrons. The van der Waals surface area contributed by atoms with Gasteiger partial charge in [-0.3, -0.25) is 9.59 Å². The standard InChI is InChI=1S/C16H16F3NO3/c1-9(23-13(21)8-10-4-2-3-5-10)16(22)20-12-7-6-11(17)14(18)15(12)19/h2,4,6-7,9-10H,3,5,8H2,1H3,(H,20,22)/t9-,10-/m1/s1. The molecule has 0 aliphatic heterocycles. The van der Waals surface area contributed by atoms with Crippen LogP contribution < -0.4 is 5.32 Å². The molecule has 0 heterocycles. The zero-order valence-electron chi connectivity index (χ0n) is 12.4. The van der Waals surface area contributed by atoms with Crippen molar-refractivity contribution in [2.75, 3.05) is 5.32 Å². The summed E-state index contributed by atoms with van der Waals surface area (Å²) in [7, 11) is 0. The van der Waals surface area contributed by atoms with Crippen molar-refractivity contribution in [3.63, 3.8) is 0 Å². The second kappa shape index (κ2) is 7.30. The summed E-state index contributed by atoms with van der Waals surface area (Å²) in [6, 6.07) is 1.58. The van der Waals surface area contributed by atoms with E-state index < -0.39 is 41.1 Å². The molecule has 1 amide bonds. The molecule has 1 aromatic rings. The smallest absolute Gasteiger partial charge is 0.307 e. The van der Waals surface area contributed by atoms with Crippen LogP contribution in [0.15, 0.2) is 24.3 Å². The van der Waals surface area contributed by atoms with Crippen molar-refractivity contribution in [3.05, 3.63) is 41.7 Å². The highest BCUT2D eigenvalue weighted by molar-refractivity contribution is 5.95. The van der Waals surface area contributed by atoms with Crippen LogP contribution in [0.4, 0.5) is 18.9 Å². The summed E-state index contributed by atoms with van der Waals surface area (Å²) in [6.45, 7) is 1.31. The molecule has 124 valence electrons. The maximum absolute atomic E-state index is 13.5. The van der Waals surface area contributed by atoms with Gasteiger partial charge in [0.25, 0.3) is 5.91 Å². The molecule has 0 spiro atoms. The zero-order valence-corrected chi connectivity index (χ0v) is 12.4. The number of amides is 1. The lowest BCUT2D eigenvalue weighted by molar-refractivity contribution is -0.153. The van der Waals surface area contributed by atoms with E-state index in [1.165, 1.54) is 6.92 Å². The molecule has 4 nitrogen and oxygen atoms in total. The molecule has 0 saturated carbocycles. The number of ether oxygens (including phenoxy) is 1. The number of carbonyl (C=O) groups is 2. The Kier molecular flexibility index (Phi) is 5.41. The topological polar surface area (TPSA) is 55.4 Å². The number of rotatable bonds is 5. The van der Waals surface area contributed by atoms with Gasteiger partial charge in [0.05, 0.1) is 12.1 Å². The molecule has 0 bridgehead atoms. The van der Waals surface area contributed by atoms with Crippen LogP contribution in [0.2, 0.25) is 0 Å². The Morgan fingerprint density at radius 2 is 2.04 bits per heavy atom. The van der Waals surface area contributed by atoms with Gasteiger partial charge >= 0.3 is 5.97 Å². The molecule has 2 atom stereocenters. The maximum Gasteiger partial charge on any atom is 0.307 e. The van der Waals surface area contributed by atoms with E-state index >= 15 is 0 Å². The lowest BCUT2D eigenvalue weighted by Crippen LogP contribution is -2.30. The predicted molar refractivity (Wildman–Crippen MR) is 77.0 cm³/mol. The summed E-state index contributed by atoms with van der Waals surface area (Å²) >= 11 is 0. The molecule has 2 rings (SSSR count). The number of carbonyl (C=O) groups excluding carboxylic acids is 2. The van der Waals surface area contributed by atoms with Gasteiger partial charge in [-0.25, -0.2) is 13.2 Å². The first-order valence-electron chi connectivity index (χ1n) is 7.19.